The molecular formula is C13H16Cl2N4. The number of benzene rings is 1. The largest absolute Gasteiger partial charge is 0.335 e. The maximum atomic E-state index is 6.23. The summed E-state index contributed by atoms with van der Waals surface area (Å²) in [4.78, 5) is 4.34. The van der Waals surface area contributed by atoms with E-state index in [1.807, 2.05) is 18.3 Å². The topological polar surface area (TPSA) is 55.9 Å². The van der Waals surface area contributed by atoms with E-state index in [4.69, 9.17) is 29.0 Å². The number of imidazole rings is 1. The first-order valence-corrected chi connectivity index (χ1v) is 6.83. The van der Waals surface area contributed by atoms with Crippen LogP contribution in [0.1, 0.15) is 24.4 Å². The second-order valence-corrected chi connectivity index (χ2v) is 4.98. The standard InChI is InChI=1S/C13H16Cl2N4/c1-2-19-7-6-17-12(19)8-11(18-16)9-4-3-5-10(14)13(9)15/h3-7,11,18H,2,8,16H2,1H3. The van der Waals surface area contributed by atoms with E-state index in [0.717, 1.165) is 17.9 Å². The molecule has 4 nitrogen and oxygen atoms in total. The summed E-state index contributed by atoms with van der Waals surface area (Å²) < 4.78 is 2.07. The molecule has 2 aromatic rings. The monoisotopic (exact) mass is 298 g/mol. The normalized spacial score (nSPS) is 12.6. The molecule has 2 rings (SSSR count). The number of nitrogens with one attached hydrogen (secondary N) is 1. The lowest BCUT2D eigenvalue weighted by atomic mass is 10.0. The molecule has 0 radical (unpaired) electrons. The lowest BCUT2D eigenvalue weighted by molar-refractivity contribution is 0.523. The molecule has 0 amide bonds. The van der Waals surface area contributed by atoms with Crippen LogP contribution in [0.15, 0.2) is 30.6 Å². The summed E-state index contributed by atoms with van der Waals surface area (Å²) in [7, 11) is 0. The van der Waals surface area contributed by atoms with Crippen LogP contribution in [0, 0.1) is 0 Å². The van der Waals surface area contributed by atoms with Gasteiger partial charge in [-0.25, -0.2) is 4.98 Å². The van der Waals surface area contributed by atoms with Crippen LogP contribution < -0.4 is 11.3 Å². The van der Waals surface area contributed by atoms with E-state index in [0.29, 0.717) is 16.5 Å². The van der Waals surface area contributed by atoms with Crippen molar-refractivity contribution in [3.63, 3.8) is 0 Å². The van der Waals surface area contributed by atoms with E-state index >= 15 is 0 Å². The van der Waals surface area contributed by atoms with Crippen LogP contribution in [0.25, 0.3) is 0 Å². The number of hydrogen-bond acceptors (Lipinski definition) is 3. The van der Waals surface area contributed by atoms with Crippen molar-refractivity contribution in [2.75, 3.05) is 0 Å². The molecule has 1 atom stereocenters. The van der Waals surface area contributed by atoms with Gasteiger partial charge in [-0.1, -0.05) is 35.3 Å². The second-order valence-electron chi connectivity index (χ2n) is 4.20. The minimum Gasteiger partial charge on any atom is -0.335 e. The van der Waals surface area contributed by atoms with Gasteiger partial charge in [0.2, 0.25) is 0 Å². The Labute approximate surface area is 122 Å². The van der Waals surface area contributed by atoms with Crippen LogP contribution in [0.5, 0.6) is 0 Å². The Kier molecular flexibility index (Phi) is 4.82. The highest BCUT2D eigenvalue weighted by Gasteiger charge is 2.17. The van der Waals surface area contributed by atoms with Crippen molar-refractivity contribution >= 4 is 23.2 Å². The average Bonchev–Trinajstić information content (AvgIpc) is 2.87. The maximum absolute atomic E-state index is 6.23. The number of aryl methyl sites for hydroxylation is 1. The molecule has 0 saturated carbocycles. The quantitative estimate of drug-likeness (QED) is 0.659. The summed E-state index contributed by atoms with van der Waals surface area (Å²) in [6, 6.07) is 5.41. The first kappa shape index (κ1) is 14.3. The molecule has 0 aliphatic carbocycles. The number of rotatable bonds is 5. The minimum absolute atomic E-state index is 0.126. The number of nitrogens with two attached hydrogens (primary N) is 1. The van der Waals surface area contributed by atoms with E-state index in [1.54, 1.807) is 12.3 Å². The van der Waals surface area contributed by atoms with Crippen molar-refractivity contribution in [2.45, 2.75) is 25.9 Å². The third-order valence-electron chi connectivity index (χ3n) is 3.09. The SMILES string of the molecule is CCn1ccnc1CC(NN)c1cccc(Cl)c1Cl. The fraction of sp³-hybridized carbons (Fsp3) is 0.308. The fourth-order valence-electron chi connectivity index (χ4n) is 2.05. The van der Waals surface area contributed by atoms with Crippen molar-refractivity contribution in [1.82, 2.24) is 15.0 Å². The first-order valence-electron chi connectivity index (χ1n) is 6.07. The van der Waals surface area contributed by atoms with Gasteiger partial charge in [-0.2, -0.15) is 0 Å². The molecule has 1 aromatic carbocycles. The molecule has 3 N–H and O–H groups in total. The van der Waals surface area contributed by atoms with Crippen LogP contribution in [0.4, 0.5) is 0 Å². The predicted octanol–water partition coefficient (Wildman–Crippen LogP) is 2.96. The van der Waals surface area contributed by atoms with Crippen LogP contribution in [0.2, 0.25) is 10.0 Å². The van der Waals surface area contributed by atoms with Gasteiger partial charge in [0.05, 0.1) is 16.1 Å². The molecular weight excluding hydrogens is 283 g/mol. The van der Waals surface area contributed by atoms with Gasteiger partial charge in [-0.05, 0) is 18.6 Å². The van der Waals surface area contributed by atoms with Gasteiger partial charge in [-0.3, -0.25) is 11.3 Å². The number of hydrogen-bond donors (Lipinski definition) is 2. The van der Waals surface area contributed by atoms with Crippen LogP contribution in [-0.4, -0.2) is 9.55 Å². The van der Waals surface area contributed by atoms with E-state index in [2.05, 4.69) is 21.9 Å². The predicted molar refractivity (Wildman–Crippen MR) is 78.1 cm³/mol. The molecule has 0 aliphatic rings. The highest BCUT2D eigenvalue weighted by molar-refractivity contribution is 6.42. The average molecular weight is 299 g/mol. The molecule has 19 heavy (non-hydrogen) atoms. The minimum atomic E-state index is -0.126. The van der Waals surface area contributed by atoms with Crippen LogP contribution in [-0.2, 0) is 13.0 Å². The summed E-state index contributed by atoms with van der Waals surface area (Å²) in [5, 5.41) is 1.06. The molecule has 0 saturated heterocycles. The Morgan fingerprint density at radius 2 is 2.21 bits per heavy atom. The summed E-state index contributed by atoms with van der Waals surface area (Å²) >= 11 is 12.3. The first-order chi connectivity index (χ1) is 9.17. The highest BCUT2D eigenvalue weighted by Crippen LogP contribution is 2.30. The smallest absolute Gasteiger partial charge is 0.110 e. The van der Waals surface area contributed by atoms with Gasteiger partial charge in [0.1, 0.15) is 5.82 Å². The maximum Gasteiger partial charge on any atom is 0.110 e. The molecule has 1 aromatic heterocycles. The summed E-state index contributed by atoms with van der Waals surface area (Å²) in [6.07, 6.45) is 4.38. The lowest BCUT2D eigenvalue weighted by Crippen LogP contribution is -2.30. The number of halogens is 2. The Balaban J connectivity index is 2.28. The Morgan fingerprint density at radius 1 is 1.42 bits per heavy atom. The van der Waals surface area contributed by atoms with Gasteiger partial charge < -0.3 is 4.57 Å². The third-order valence-corrected chi connectivity index (χ3v) is 3.92. The van der Waals surface area contributed by atoms with Crippen molar-refractivity contribution in [1.29, 1.82) is 0 Å². The number of aromatic nitrogens is 2. The fourth-order valence-corrected chi connectivity index (χ4v) is 2.49. The van der Waals surface area contributed by atoms with Crippen LogP contribution >= 0.6 is 23.2 Å². The van der Waals surface area contributed by atoms with Gasteiger partial charge in [0.15, 0.2) is 0 Å². The van der Waals surface area contributed by atoms with Crippen molar-refractivity contribution < 1.29 is 0 Å². The molecule has 0 spiro atoms. The van der Waals surface area contributed by atoms with Crippen LogP contribution in [0.3, 0.4) is 0 Å². The zero-order chi connectivity index (χ0) is 13.8. The van der Waals surface area contributed by atoms with Gasteiger partial charge in [-0.15, -0.1) is 0 Å². The highest BCUT2D eigenvalue weighted by atomic mass is 35.5. The van der Waals surface area contributed by atoms with E-state index < -0.39 is 0 Å². The summed E-state index contributed by atoms with van der Waals surface area (Å²) in [6.45, 7) is 2.94. The van der Waals surface area contributed by atoms with Crippen molar-refractivity contribution in [3.05, 3.63) is 52.0 Å². The molecule has 1 unspecified atom stereocenters. The van der Waals surface area contributed by atoms with Crippen molar-refractivity contribution in [3.8, 4) is 0 Å². The lowest BCUT2D eigenvalue weighted by Gasteiger charge is -2.18. The van der Waals surface area contributed by atoms with Gasteiger partial charge >= 0.3 is 0 Å². The molecule has 0 aliphatic heterocycles. The van der Waals surface area contributed by atoms with Crippen molar-refractivity contribution in [2.24, 2.45) is 5.84 Å². The van der Waals surface area contributed by atoms with E-state index in [-0.39, 0.29) is 6.04 Å². The molecule has 0 fully saturated rings. The molecule has 6 heteroatoms. The zero-order valence-electron chi connectivity index (χ0n) is 10.6. The van der Waals surface area contributed by atoms with Gasteiger partial charge in [0, 0.05) is 25.4 Å². The number of nitrogens with zero attached hydrogens (tertiary/aromatic N) is 2. The molecule has 0 bridgehead atoms. The Morgan fingerprint density at radius 3 is 2.89 bits per heavy atom. The molecule has 102 valence electrons. The summed E-state index contributed by atoms with van der Waals surface area (Å²) in [5.41, 5.74) is 3.66. The Hall–Kier alpha value is -1.07. The summed E-state index contributed by atoms with van der Waals surface area (Å²) in [5.74, 6) is 6.60. The number of hydrazine groups is 1. The zero-order valence-corrected chi connectivity index (χ0v) is 12.1. The van der Waals surface area contributed by atoms with E-state index in [9.17, 15) is 0 Å². The molecule has 1 heterocycles. The van der Waals surface area contributed by atoms with Gasteiger partial charge in [0.25, 0.3) is 0 Å². The Bertz CT molecular complexity index is 553. The second kappa shape index (κ2) is 6.39. The third kappa shape index (κ3) is 3.09. The van der Waals surface area contributed by atoms with E-state index in [1.165, 1.54) is 0 Å².